The maximum Gasteiger partial charge on any atom is 0.337 e. The molecule has 1 rings (SSSR count). The number of hydrogen-bond donors (Lipinski definition) is 0. The van der Waals surface area contributed by atoms with Crippen molar-refractivity contribution in [2.75, 3.05) is 7.11 Å². The molecule has 0 atom stereocenters. The number of nitrogens with zero attached hydrogens (tertiary/aromatic N) is 1. The molecule has 4 heteroatoms. The van der Waals surface area contributed by atoms with Crippen molar-refractivity contribution in [2.45, 2.75) is 13.8 Å². The lowest BCUT2D eigenvalue weighted by Gasteiger charge is -2.03. The predicted octanol–water partition coefficient (Wildman–Crippen LogP) is 2.61. The molecule has 1 aromatic carbocycles. The van der Waals surface area contributed by atoms with Gasteiger partial charge in [0.25, 0.3) is 0 Å². The first-order chi connectivity index (χ1) is 8.99. The Labute approximate surface area is 112 Å². The van der Waals surface area contributed by atoms with Crippen molar-refractivity contribution >= 4 is 17.8 Å². The van der Waals surface area contributed by atoms with Gasteiger partial charge >= 0.3 is 5.97 Å². The van der Waals surface area contributed by atoms with E-state index in [4.69, 9.17) is 5.26 Å². The third-order valence-electron chi connectivity index (χ3n) is 2.55. The van der Waals surface area contributed by atoms with E-state index in [1.165, 1.54) is 13.2 Å². The van der Waals surface area contributed by atoms with E-state index in [9.17, 15) is 9.59 Å². The minimum Gasteiger partial charge on any atom is -0.465 e. The van der Waals surface area contributed by atoms with E-state index in [1.807, 2.05) is 6.07 Å². The molecule has 19 heavy (non-hydrogen) atoms. The number of methoxy groups -OCH3 is 1. The molecule has 0 heterocycles. The van der Waals surface area contributed by atoms with Crippen LogP contribution in [0.25, 0.3) is 6.08 Å². The van der Waals surface area contributed by atoms with Gasteiger partial charge in [0.2, 0.25) is 0 Å². The first kappa shape index (κ1) is 14.7. The maximum atomic E-state index is 11.7. The smallest absolute Gasteiger partial charge is 0.337 e. The number of esters is 1. The molecule has 0 N–H and O–H groups in total. The number of ketones is 1. The highest BCUT2D eigenvalue weighted by Crippen LogP contribution is 2.13. The number of carbonyl (C=O) groups excluding carboxylic acids is 2. The number of carbonyl (C=O) groups is 2. The van der Waals surface area contributed by atoms with Crippen LogP contribution in [-0.4, -0.2) is 18.9 Å². The number of rotatable bonds is 4. The van der Waals surface area contributed by atoms with Crippen LogP contribution in [0.2, 0.25) is 0 Å². The van der Waals surface area contributed by atoms with Gasteiger partial charge in [0, 0.05) is 5.92 Å². The summed E-state index contributed by atoms with van der Waals surface area (Å²) >= 11 is 0. The molecule has 0 radical (unpaired) electrons. The summed E-state index contributed by atoms with van der Waals surface area (Å²) in [4.78, 5) is 23.0. The van der Waals surface area contributed by atoms with E-state index >= 15 is 0 Å². The van der Waals surface area contributed by atoms with Crippen molar-refractivity contribution in [1.82, 2.24) is 0 Å². The molecule has 98 valence electrons. The van der Waals surface area contributed by atoms with E-state index in [0.29, 0.717) is 11.1 Å². The lowest BCUT2D eigenvalue weighted by molar-refractivity contribution is -0.117. The SMILES string of the molecule is COC(=O)c1ccc(/C=C(\C#N)C(=O)C(C)C)cc1. The second-order valence-corrected chi connectivity index (χ2v) is 4.30. The second-order valence-electron chi connectivity index (χ2n) is 4.30. The van der Waals surface area contributed by atoms with Gasteiger partial charge in [-0.3, -0.25) is 4.79 Å². The average Bonchev–Trinajstić information content (AvgIpc) is 2.43. The Morgan fingerprint density at radius 3 is 2.26 bits per heavy atom. The third kappa shape index (κ3) is 3.78. The number of nitriles is 1. The first-order valence-electron chi connectivity index (χ1n) is 5.84. The monoisotopic (exact) mass is 257 g/mol. The van der Waals surface area contributed by atoms with Crippen LogP contribution in [0.4, 0.5) is 0 Å². The molecule has 4 nitrogen and oxygen atoms in total. The molecule has 0 aliphatic carbocycles. The van der Waals surface area contributed by atoms with E-state index < -0.39 is 5.97 Å². The predicted molar refractivity (Wildman–Crippen MR) is 71.2 cm³/mol. The van der Waals surface area contributed by atoms with Gasteiger partial charge in [-0.15, -0.1) is 0 Å². The topological polar surface area (TPSA) is 67.2 Å². The fourth-order valence-electron chi connectivity index (χ4n) is 1.47. The number of ether oxygens (including phenoxy) is 1. The minimum absolute atomic E-state index is 0.112. The van der Waals surface area contributed by atoms with Crippen LogP contribution in [0.15, 0.2) is 29.8 Å². The summed E-state index contributed by atoms with van der Waals surface area (Å²) in [5, 5.41) is 8.97. The molecule has 0 amide bonds. The minimum atomic E-state index is -0.422. The first-order valence-corrected chi connectivity index (χ1v) is 5.84. The number of benzene rings is 1. The van der Waals surface area contributed by atoms with E-state index in [0.717, 1.165) is 0 Å². The van der Waals surface area contributed by atoms with Gasteiger partial charge in [-0.1, -0.05) is 26.0 Å². The van der Waals surface area contributed by atoms with Crippen molar-refractivity contribution in [3.05, 3.63) is 41.0 Å². The maximum absolute atomic E-state index is 11.7. The largest absolute Gasteiger partial charge is 0.465 e. The standard InChI is InChI=1S/C15H15NO3/c1-10(2)14(17)13(9-16)8-11-4-6-12(7-5-11)15(18)19-3/h4-8,10H,1-3H3/b13-8+. The lowest BCUT2D eigenvalue weighted by Crippen LogP contribution is -2.08. The van der Waals surface area contributed by atoms with Gasteiger partial charge in [-0.25, -0.2) is 4.79 Å². The Balaban J connectivity index is 3.02. The average molecular weight is 257 g/mol. The van der Waals surface area contributed by atoms with E-state index in [-0.39, 0.29) is 17.3 Å². The van der Waals surface area contributed by atoms with Crippen LogP contribution in [0.5, 0.6) is 0 Å². The Bertz CT molecular complexity index is 548. The summed E-state index contributed by atoms with van der Waals surface area (Å²) in [6, 6.07) is 8.41. The zero-order chi connectivity index (χ0) is 14.4. The van der Waals surface area contributed by atoms with Crippen molar-refractivity contribution in [1.29, 1.82) is 5.26 Å². The molecule has 0 unspecified atom stereocenters. The third-order valence-corrected chi connectivity index (χ3v) is 2.55. The fourth-order valence-corrected chi connectivity index (χ4v) is 1.47. The molecule has 1 aromatic rings. The van der Waals surface area contributed by atoms with Crippen molar-refractivity contribution < 1.29 is 14.3 Å². The van der Waals surface area contributed by atoms with Crippen molar-refractivity contribution in [3.63, 3.8) is 0 Å². The Morgan fingerprint density at radius 1 is 1.26 bits per heavy atom. The fraction of sp³-hybridized carbons (Fsp3) is 0.267. The van der Waals surface area contributed by atoms with Crippen LogP contribution in [0.3, 0.4) is 0 Å². The van der Waals surface area contributed by atoms with E-state index in [1.54, 1.807) is 38.1 Å². The Morgan fingerprint density at radius 2 is 1.84 bits per heavy atom. The van der Waals surface area contributed by atoms with Crippen molar-refractivity contribution in [3.8, 4) is 6.07 Å². The molecule has 0 aliphatic rings. The molecular weight excluding hydrogens is 242 g/mol. The van der Waals surface area contributed by atoms with Crippen molar-refractivity contribution in [2.24, 2.45) is 5.92 Å². The van der Waals surface area contributed by atoms with Gasteiger partial charge in [0.05, 0.1) is 18.2 Å². The zero-order valence-corrected chi connectivity index (χ0v) is 11.1. The Hall–Kier alpha value is -2.41. The molecule has 0 saturated carbocycles. The lowest BCUT2D eigenvalue weighted by atomic mass is 9.99. The van der Waals surface area contributed by atoms with Crippen LogP contribution in [0.1, 0.15) is 29.8 Å². The highest BCUT2D eigenvalue weighted by Gasteiger charge is 2.13. The number of allylic oxidation sites excluding steroid dienone is 1. The summed E-state index contributed by atoms with van der Waals surface area (Å²) in [5.41, 5.74) is 1.23. The van der Waals surface area contributed by atoms with Gasteiger partial charge in [0.1, 0.15) is 6.07 Å². The molecular formula is C15H15NO3. The van der Waals surface area contributed by atoms with E-state index in [2.05, 4.69) is 4.74 Å². The summed E-state index contributed by atoms with van der Waals surface area (Å²) in [5.74, 6) is -0.839. The number of Topliss-reactive ketones (excluding diaryl/α,β-unsaturated/α-hetero) is 1. The normalized spacial score (nSPS) is 11.0. The highest BCUT2D eigenvalue weighted by molar-refractivity contribution is 6.04. The van der Waals surface area contributed by atoms with Crippen LogP contribution >= 0.6 is 0 Å². The van der Waals surface area contributed by atoms with Gasteiger partial charge in [-0.2, -0.15) is 5.26 Å². The quantitative estimate of drug-likeness (QED) is 0.472. The second kappa shape index (κ2) is 6.50. The zero-order valence-electron chi connectivity index (χ0n) is 11.1. The number of hydrogen-bond acceptors (Lipinski definition) is 4. The summed E-state index contributed by atoms with van der Waals surface area (Å²) in [6.45, 7) is 3.49. The van der Waals surface area contributed by atoms with Gasteiger partial charge in [-0.05, 0) is 23.8 Å². The summed E-state index contributed by atoms with van der Waals surface area (Å²) < 4.78 is 4.59. The summed E-state index contributed by atoms with van der Waals surface area (Å²) in [7, 11) is 1.31. The molecule has 0 fully saturated rings. The molecule has 0 aromatic heterocycles. The van der Waals surface area contributed by atoms with Gasteiger partial charge < -0.3 is 4.74 Å². The van der Waals surface area contributed by atoms with Crippen LogP contribution < -0.4 is 0 Å². The summed E-state index contributed by atoms with van der Waals surface area (Å²) in [6.07, 6.45) is 1.52. The molecule has 0 bridgehead atoms. The van der Waals surface area contributed by atoms with Gasteiger partial charge in [0.15, 0.2) is 5.78 Å². The Kier molecular flexibility index (Phi) is 5.01. The molecule has 0 aliphatic heterocycles. The molecule has 0 saturated heterocycles. The highest BCUT2D eigenvalue weighted by atomic mass is 16.5. The van der Waals surface area contributed by atoms with Crippen LogP contribution in [-0.2, 0) is 9.53 Å². The van der Waals surface area contributed by atoms with Crippen LogP contribution in [0, 0.1) is 17.2 Å². The molecule has 0 spiro atoms.